The van der Waals surface area contributed by atoms with Gasteiger partial charge < -0.3 is 14.4 Å². The summed E-state index contributed by atoms with van der Waals surface area (Å²) >= 11 is 7.83. The first-order valence-corrected chi connectivity index (χ1v) is 13.2. The molecule has 1 aliphatic heterocycles. The molecule has 0 amide bonds. The Morgan fingerprint density at radius 2 is 1.70 bits per heavy atom. The van der Waals surface area contributed by atoms with Crippen molar-refractivity contribution in [3.63, 3.8) is 0 Å². The molecule has 1 saturated heterocycles. The van der Waals surface area contributed by atoms with Crippen LogP contribution in [0, 0.1) is 0 Å². The topological polar surface area (TPSA) is 56.6 Å². The molecule has 0 saturated carbocycles. The minimum absolute atomic E-state index is 0.139. The number of para-hydroxylation sites is 3. The van der Waals surface area contributed by atoms with Gasteiger partial charge in [0.25, 0.3) is 5.56 Å². The Morgan fingerprint density at radius 3 is 2.49 bits per heavy atom. The number of anilines is 1. The third-order valence-corrected chi connectivity index (χ3v) is 7.93. The van der Waals surface area contributed by atoms with Gasteiger partial charge >= 0.3 is 0 Å². The minimum atomic E-state index is -0.139. The van der Waals surface area contributed by atoms with E-state index in [1.165, 1.54) is 0 Å². The van der Waals surface area contributed by atoms with Gasteiger partial charge in [-0.05, 0) is 48.0 Å². The first-order chi connectivity index (χ1) is 18.1. The average molecular weight is 530 g/mol. The van der Waals surface area contributed by atoms with Gasteiger partial charge in [-0.15, -0.1) is 11.3 Å². The SMILES string of the molecule is COc1ccccc1-n1c(-c2cc(-c3ccc(Cl)cc3)c(N3CCOCC3)s2)nc2ccccc2c1=O. The van der Waals surface area contributed by atoms with Crippen LogP contribution in [0.4, 0.5) is 5.00 Å². The molecule has 0 atom stereocenters. The highest BCUT2D eigenvalue weighted by atomic mass is 35.5. The van der Waals surface area contributed by atoms with Gasteiger partial charge in [0, 0.05) is 23.7 Å². The van der Waals surface area contributed by atoms with Gasteiger partial charge in [0.05, 0.1) is 46.8 Å². The van der Waals surface area contributed by atoms with Crippen LogP contribution < -0.4 is 15.2 Å². The molecule has 186 valence electrons. The molecule has 5 aromatic rings. The lowest BCUT2D eigenvalue weighted by Gasteiger charge is -2.28. The first kappa shape index (κ1) is 23.7. The average Bonchev–Trinajstić information content (AvgIpc) is 3.39. The van der Waals surface area contributed by atoms with Gasteiger partial charge in [0.15, 0.2) is 5.82 Å². The van der Waals surface area contributed by atoms with E-state index in [0.29, 0.717) is 46.4 Å². The maximum atomic E-state index is 13.9. The zero-order valence-electron chi connectivity index (χ0n) is 20.2. The van der Waals surface area contributed by atoms with Gasteiger partial charge in [-0.25, -0.2) is 4.98 Å². The number of benzene rings is 3. The van der Waals surface area contributed by atoms with E-state index in [0.717, 1.165) is 34.1 Å². The van der Waals surface area contributed by atoms with Crippen molar-refractivity contribution in [1.82, 2.24) is 9.55 Å². The fourth-order valence-electron chi connectivity index (χ4n) is 4.67. The number of nitrogens with zero attached hydrogens (tertiary/aromatic N) is 3. The standard InChI is InChI=1S/C29H24ClN3O3S/c1-35-25-9-5-4-8-24(25)33-27(31-23-7-3-2-6-21(23)28(33)34)26-18-22(19-10-12-20(30)13-11-19)29(37-26)32-14-16-36-17-15-32/h2-13,18H,14-17H2,1H3. The van der Waals surface area contributed by atoms with Crippen LogP contribution in [0.1, 0.15) is 0 Å². The number of hydrogen-bond donors (Lipinski definition) is 0. The van der Waals surface area contributed by atoms with Crippen molar-refractivity contribution < 1.29 is 9.47 Å². The van der Waals surface area contributed by atoms with Crippen LogP contribution in [0.3, 0.4) is 0 Å². The second-order valence-corrected chi connectivity index (χ2v) is 10.2. The molecule has 0 unspecified atom stereocenters. The second kappa shape index (κ2) is 10.0. The summed E-state index contributed by atoms with van der Waals surface area (Å²) in [4.78, 5) is 22.2. The van der Waals surface area contributed by atoms with E-state index in [4.69, 9.17) is 26.1 Å². The number of fused-ring (bicyclic) bond motifs is 1. The van der Waals surface area contributed by atoms with E-state index >= 15 is 0 Å². The summed E-state index contributed by atoms with van der Waals surface area (Å²) in [6.07, 6.45) is 0. The molecule has 6 rings (SSSR count). The van der Waals surface area contributed by atoms with Gasteiger partial charge in [-0.2, -0.15) is 0 Å². The number of hydrogen-bond acceptors (Lipinski definition) is 6. The number of morpholine rings is 1. The Kier molecular flexibility index (Phi) is 6.42. The summed E-state index contributed by atoms with van der Waals surface area (Å²) in [6.45, 7) is 2.94. The highest BCUT2D eigenvalue weighted by Gasteiger charge is 2.24. The predicted octanol–water partition coefficient (Wildman–Crippen LogP) is 6.28. The van der Waals surface area contributed by atoms with Crippen molar-refractivity contribution in [2.24, 2.45) is 0 Å². The smallest absolute Gasteiger partial charge is 0.266 e. The quantitative estimate of drug-likeness (QED) is 0.268. The van der Waals surface area contributed by atoms with E-state index in [1.807, 2.05) is 72.8 Å². The molecule has 6 nitrogen and oxygen atoms in total. The van der Waals surface area contributed by atoms with Gasteiger partial charge in [-0.3, -0.25) is 9.36 Å². The molecule has 0 N–H and O–H groups in total. The molecule has 2 aromatic heterocycles. The fourth-order valence-corrected chi connectivity index (χ4v) is 6.00. The Labute approximate surface area is 223 Å². The second-order valence-electron chi connectivity index (χ2n) is 8.70. The van der Waals surface area contributed by atoms with Crippen molar-refractivity contribution in [3.05, 3.63) is 94.2 Å². The number of rotatable bonds is 5. The van der Waals surface area contributed by atoms with Crippen LogP contribution in [0.25, 0.3) is 38.4 Å². The molecule has 1 aliphatic rings. The molecule has 0 aliphatic carbocycles. The van der Waals surface area contributed by atoms with Gasteiger partial charge in [0.2, 0.25) is 0 Å². The molecule has 3 heterocycles. The largest absolute Gasteiger partial charge is 0.495 e. The van der Waals surface area contributed by atoms with Crippen molar-refractivity contribution >= 4 is 38.8 Å². The maximum Gasteiger partial charge on any atom is 0.266 e. The van der Waals surface area contributed by atoms with E-state index < -0.39 is 0 Å². The summed E-state index contributed by atoms with van der Waals surface area (Å²) in [7, 11) is 1.61. The number of methoxy groups -OCH3 is 1. The zero-order chi connectivity index (χ0) is 25.4. The highest BCUT2D eigenvalue weighted by Crippen LogP contribution is 2.44. The molecular formula is C29H24ClN3O3S. The number of aromatic nitrogens is 2. The molecular weight excluding hydrogens is 506 g/mol. The van der Waals surface area contributed by atoms with E-state index in [-0.39, 0.29) is 5.56 Å². The van der Waals surface area contributed by atoms with Crippen LogP contribution in [0.2, 0.25) is 5.02 Å². The van der Waals surface area contributed by atoms with E-state index in [9.17, 15) is 4.79 Å². The molecule has 0 radical (unpaired) electrons. The van der Waals surface area contributed by atoms with Crippen molar-refractivity contribution in [2.75, 3.05) is 38.3 Å². The van der Waals surface area contributed by atoms with Crippen molar-refractivity contribution in [1.29, 1.82) is 0 Å². The Morgan fingerprint density at radius 1 is 0.973 bits per heavy atom. The monoisotopic (exact) mass is 529 g/mol. The lowest BCUT2D eigenvalue weighted by molar-refractivity contribution is 0.123. The van der Waals surface area contributed by atoms with E-state index in [1.54, 1.807) is 23.0 Å². The molecule has 37 heavy (non-hydrogen) atoms. The van der Waals surface area contributed by atoms with Crippen molar-refractivity contribution in [3.8, 4) is 33.3 Å². The first-order valence-electron chi connectivity index (χ1n) is 12.0. The lowest BCUT2D eigenvalue weighted by atomic mass is 10.1. The summed E-state index contributed by atoms with van der Waals surface area (Å²) in [6, 6.07) is 25.0. The third-order valence-electron chi connectivity index (χ3n) is 6.49. The number of thiophene rings is 1. The Balaban J connectivity index is 1.63. The van der Waals surface area contributed by atoms with E-state index in [2.05, 4.69) is 11.0 Å². The Hall–Kier alpha value is -3.65. The van der Waals surface area contributed by atoms with Gasteiger partial charge in [-0.1, -0.05) is 48.0 Å². The summed E-state index contributed by atoms with van der Waals surface area (Å²) < 4.78 is 12.9. The van der Waals surface area contributed by atoms with Crippen LogP contribution in [0.5, 0.6) is 5.75 Å². The molecule has 1 fully saturated rings. The molecule has 8 heteroatoms. The predicted molar refractivity (Wildman–Crippen MR) is 151 cm³/mol. The van der Waals surface area contributed by atoms with Gasteiger partial charge in [0.1, 0.15) is 5.75 Å². The summed E-state index contributed by atoms with van der Waals surface area (Å²) in [5.74, 6) is 1.18. The fraction of sp³-hybridized carbons (Fsp3) is 0.172. The normalized spacial score (nSPS) is 13.7. The Bertz CT molecular complexity index is 1640. The molecule has 0 bridgehead atoms. The van der Waals surface area contributed by atoms with Crippen LogP contribution in [-0.4, -0.2) is 43.0 Å². The zero-order valence-corrected chi connectivity index (χ0v) is 21.8. The number of ether oxygens (including phenoxy) is 2. The number of halogens is 1. The van der Waals surface area contributed by atoms with Crippen LogP contribution in [0.15, 0.2) is 83.7 Å². The maximum absolute atomic E-state index is 13.9. The third kappa shape index (κ3) is 4.39. The van der Waals surface area contributed by atoms with Crippen LogP contribution in [-0.2, 0) is 4.74 Å². The minimum Gasteiger partial charge on any atom is -0.495 e. The summed E-state index contributed by atoms with van der Waals surface area (Å²) in [5.41, 5.74) is 3.30. The molecule has 3 aromatic carbocycles. The summed E-state index contributed by atoms with van der Waals surface area (Å²) in [5, 5.41) is 2.36. The highest BCUT2D eigenvalue weighted by molar-refractivity contribution is 7.20. The molecule has 0 spiro atoms. The van der Waals surface area contributed by atoms with Crippen LogP contribution >= 0.6 is 22.9 Å². The lowest BCUT2D eigenvalue weighted by Crippen LogP contribution is -2.35. The van der Waals surface area contributed by atoms with Crippen molar-refractivity contribution in [2.45, 2.75) is 0 Å².